The molecule has 1 aromatic carbocycles. The van der Waals surface area contributed by atoms with Crippen molar-refractivity contribution in [2.24, 2.45) is 5.92 Å². The van der Waals surface area contributed by atoms with Crippen LogP contribution >= 0.6 is 11.6 Å². The maximum Gasteiger partial charge on any atom is 0.290 e. The predicted molar refractivity (Wildman–Crippen MR) is 83.5 cm³/mol. The van der Waals surface area contributed by atoms with Crippen molar-refractivity contribution < 1.29 is 13.3 Å². The molecule has 1 aliphatic rings. The molecule has 7 nitrogen and oxygen atoms in total. The van der Waals surface area contributed by atoms with Crippen molar-refractivity contribution in [2.75, 3.05) is 26.7 Å². The van der Waals surface area contributed by atoms with E-state index in [0.717, 1.165) is 18.9 Å². The summed E-state index contributed by atoms with van der Waals surface area (Å²) in [7, 11) is -2.18. The summed E-state index contributed by atoms with van der Waals surface area (Å²) in [6.07, 6.45) is 1.65. The second-order valence-electron chi connectivity index (χ2n) is 5.27. The van der Waals surface area contributed by atoms with E-state index < -0.39 is 25.5 Å². The molecule has 1 aliphatic heterocycles. The summed E-state index contributed by atoms with van der Waals surface area (Å²) in [5.41, 5.74) is -0.483. The van der Waals surface area contributed by atoms with Gasteiger partial charge in [0.25, 0.3) is 15.7 Å². The van der Waals surface area contributed by atoms with Crippen LogP contribution in [-0.4, -0.2) is 44.3 Å². The third-order valence-electron chi connectivity index (χ3n) is 3.72. The second-order valence-corrected chi connectivity index (χ2v) is 7.56. The van der Waals surface area contributed by atoms with Gasteiger partial charge in [0.05, 0.1) is 9.95 Å². The fourth-order valence-electron chi connectivity index (χ4n) is 2.73. The molecular formula is C13H18ClN3O4S. The number of nitro benzene ring substituents is 1. The Labute approximate surface area is 134 Å². The van der Waals surface area contributed by atoms with E-state index in [0.29, 0.717) is 19.6 Å². The van der Waals surface area contributed by atoms with Crippen LogP contribution in [0.5, 0.6) is 0 Å². The van der Waals surface area contributed by atoms with E-state index in [9.17, 15) is 18.5 Å². The standard InChI is InChI=1S/C13H18ClN3O4S/c1-15-8-10-4-3-7-16(9-10)22(20,21)13-11(14)5-2-6-12(13)17(18)19/h2,5-6,10,15H,3-4,7-9H2,1H3. The Morgan fingerprint density at radius 2 is 2.23 bits per heavy atom. The Hall–Kier alpha value is -1.22. The molecular weight excluding hydrogens is 330 g/mol. The second kappa shape index (κ2) is 6.91. The van der Waals surface area contributed by atoms with E-state index in [2.05, 4.69) is 5.32 Å². The van der Waals surface area contributed by atoms with Gasteiger partial charge in [-0.2, -0.15) is 4.31 Å². The number of hydrogen-bond donors (Lipinski definition) is 1. The smallest absolute Gasteiger partial charge is 0.290 e. The molecule has 1 fully saturated rings. The van der Waals surface area contributed by atoms with Crippen LogP contribution in [0, 0.1) is 16.0 Å². The molecule has 0 aliphatic carbocycles. The number of hydrogen-bond acceptors (Lipinski definition) is 5. The van der Waals surface area contributed by atoms with Crippen LogP contribution in [0.15, 0.2) is 23.1 Å². The SMILES string of the molecule is CNCC1CCCN(S(=O)(=O)c2c(Cl)cccc2[N+](=O)[O-])C1. The van der Waals surface area contributed by atoms with Gasteiger partial charge in [-0.1, -0.05) is 17.7 Å². The number of halogens is 1. The van der Waals surface area contributed by atoms with Gasteiger partial charge in [0.1, 0.15) is 0 Å². The highest BCUT2D eigenvalue weighted by molar-refractivity contribution is 7.89. The summed E-state index contributed by atoms with van der Waals surface area (Å²) in [6.45, 7) is 1.40. The van der Waals surface area contributed by atoms with Gasteiger partial charge in [-0.25, -0.2) is 8.42 Å². The van der Waals surface area contributed by atoms with E-state index in [1.54, 1.807) is 0 Å². The zero-order valence-corrected chi connectivity index (χ0v) is 13.7. The number of benzene rings is 1. The lowest BCUT2D eigenvalue weighted by Gasteiger charge is -2.31. The van der Waals surface area contributed by atoms with Crippen molar-refractivity contribution in [1.29, 1.82) is 0 Å². The molecule has 1 unspecified atom stereocenters. The van der Waals surface area contributed by atoms with Gasteiger partial charge in [0.15, 0.2) is 4.90 Å². The maximum absolute atomic E-state index is 12.8. The van der Waals surface area contributed by atoms with Crippen LogP contribution < -0.4 is 5.32 Å². The lowest BCUT2D eigenvalue weighted by Crippen LogP contribution is -2.42. The normalized spacial score (nSPS) is 20.0. The summed E-state index contributed by atoms with van der Waals surface area (Å²) < 4.78 is 26.9. The number of sulfonamides is 1. The minimum atomic E-state index is -3.99. The first-order chi connectivity index (χ1) is 10.4. The summed E-state index contributed by atoms with van der Waals surface area (Å²) in [5.74, 6) is 0.190. The summed E-state index contributed by atoms with van der Waals surface area (Å²) in [6, 6.07) is 3.89. The number of nitrogens with zero attached hydrogens (tertiary/aromatic N) is 2. The van der Waals surface area contributed by atoms with E-state index in [-0.39, 0.29) is 10.9 Å². The quantitative estimate of drug-likeness (QED) is 0.648. The van der Waals surface area contributed by atoms with Gasteiger partial charge in [0.2, 0.25) is 0 Å². The van der Waals surface area contributed by atoms with Crippen molar-refractivity contribution in [3.05, 3.63) is 33.3 Å². The van der Waals surface area contributed by atoms with E-state index in [4.69, 9.17) is 11.6 Å². The lowest BCUT2D eigenvalue weighted by molar-refractivity contribution is -0.387. The van der Waals surface area contributed by atoms with Gasteiger partial charge >= 0.3 is 0 Å². The van der Waals surface area contributed by atoms with Crippen molar-refractivity contribution in [2.45, 2.75) is 17.7 Å². The van der Waals surface area contributed by atoms with Crippen molar-refractivity contribution in [3.8, 4) is 0 Å². The molecule has 0 radical (unpaired) electrons. The van der Waals surface area contributed by atoms with E-state index in [1.165, 1.54) is 16.4 Å². The minimum Gasteiger partial charge on any atom is -0.319 e. The molecule has 22 heavy (non-hydrogen) atoms. The molecule has 1 atom stereocenters. The summed E-state index contributed by atoms with van der Waals surface area (Å²) in [4.78, 5) is 10.00. The van der Waals surface area contributed by atoms with Crippen LogP contribution in [0.25, 0.3) is 0 Å². The minimum absolute atomic E-state index is 0.120. The molecule has 1 heterocycles. The number of rotatable bonds is 5. The molecule has 0 saturated carbocycles. The van der Waals surface area contributed by atoms with Crippen molar-refractivity contribution >= 4 is 27.3 Å². The Morgan fingerprint density at radius 1 is 1.50 bits per heavy atom. The Balaban J connectivity index is 2.41. The largest absolute Gasteiger partial charge is 0.319 e. The number of nitro groups is 1. The third kappa shape index (κ3) is 3.40. The van der Waals surface area contributed by atoms with Crippen LogP contribution in [0.2, 0.25) is 5.02 Å². The van der Waals surface area contributed by atoms with Gasteiger partial charge in [-0.05, 0) is 38.4 Å². The molecule has 122 valence electrons. The average molecular weight is 348 g/mol. The topological polar surface area (TPSA) is 92.6 Å². The fraction of sp³-hybridized carbons (Fsp3) is 0.538. The molecule has 1 saturated heterocycles. The van der Waals surface area contributed by atoms with Gasteiger partial charge in [0, 0.05) is 19.2 Å². The maximum atomic E-state index is 12.8. The van der Waals surface area contributed by atoms with E-state index in [1.807, 2.05) is 7.05 Å². The van der Waals surface area contributed by atoms with Crippen LogP contribution in [0.4, 0.5) is 5.69 Å². The molecule has 0 spiro atoms. The van der Waals surface area contributed by atoms with Crippen LogP contribution in [0.1, 0.15) is 12.8 Å². The molecule has 2 rings (SSSR count). The van der Waals surface area contributed by atoms with Gasteiger partial charge in [-0.3, -0.25) is 10.1 Å². The third-order valence-corrected chi connectivity index (χ3v) is 6.10. The molecule has 0 amide bonds. The predicted octanol–water partition coefficient (Wildman–Crippen LogP) is 1.87. The Morgan fingerprint density at radius 3 is 2.86 bits per heavy atom. The molecule has 1 aromatic rings. The first-order valence-electron chi connectivity index (χ1n) is 6.95. The Bertz CT molecular complexity index is 663. The van der Waals surface area contributed by atoms with Crippen molar-refractivity contribution in [3.63, 3.8) is 0 Å². The van der Waals surface area contributed by atoms with Gasteiger partial charge in [-0.15, -0.1) is 0 Å². The zero-order valence-electron chi connectivity index (χ0n) is 12.2. The van der Waals surface area contributed by atoms with Crippen LogP contribution in [0.3, 0.4) is 0 Å². The first-order valence-corrected chi connectivity index (χ1v) is 8.77. The summed E-state index contributed by atoms with van der Waals surface area (Å²) in [5, 5.41) is 14.0. The highest BCUT2D eigenvalue weighted by Gasteiger charge is 2.36. The molecule has 0 aromatic heterocycles. The Kier molecular flexibility index (Phi) is 5.38. The fourth-order valence-corrected chi connectivity index (χ4v) is 4.94. The van der Waals surface area contributed by atoms with Crippen molar-refractivity contribution in [1.82, 2.24) is 9.62 Å². The highest BCUT2D eigenvalue weighted by Crippen LogP contribution is 2.34. The number of piperidine rings is 1. The van der Waals surface area contributed by atoms with E-state index >= 15 is 0 Å². The zero-order chi connectivity index (χ0) is 16.3. The molecule has 9 heteroatoms. The molecule has 0 bridgehead atoms. The summed E-state index contributed by atoms with van der Waals surface area (Å²) >= 11 is 5.95. The molecule has 1 N–H and O–H groups in total. The first kappa shape index (κ1) is 17.1. The highest BCUT2D eigenvalue weighted by atomic mass is 35.5. The number of nitrogens with one attached hydrogen (secondary N) is 1. The van der Waals surface area contributed by atoms with Gasteiger partial charge < -0.3 is 5.32 Å². The lowest BCUT2D eigenvalue weighted by atomic mass is 10.00. The monoisotopic (exact) mass is 347 g/mol. The average Bonchev–Trinajstić information content (AvgIpc) is 2.47. The van der Waals surface area contributed by atoms with Crippen LogP contribution in [-0.2, 0) is 10.0 Å².